The highest BCUT2D eigenvalue weighted by Gasteiger charge is 2.28. The van der Waals surface area contributed by atoms with Gasteiger partial charge in [-0.25, -0.2) is 8.42 Å². The Morgan fingerprint density at radius 1 is 1.20 bits per heavy atom. The fraction of sp³-hybridized carbons (Fsp3) is 0.500. The Morgan fingerprint density at radius 2 is 1.80 bits per heavy atom. The van der Waals surface area contributed by atoms with Gasteiger partial charge in [-0.2, -0.15) is 9.57 Å². The van der Waals surface area contributed by atoms with Gasteiger partial charge >= 0.3 is 0 Å². The first-order valence-corrected chi connectivity index (χ1v) is 8.29. The molecule has 20 heavy (non-hydrogen) atoms. The minimum atomic E-state index is -3.27. The molecular formula is C14H19N3O2S. The van der Waals surface area contributed by atoms with Crippen LogP contribution < -0.4 is 0 Å². The van der Waals surface area contributed by atoms with Crippen molar-refractivity contribution in [2.45, 2.75) is 18.7 Å². The van der Waals surface area contributed by atoms with Crippen molar-refractivity contribution in [2.24, 2.45) is 0 Å². The fourth-order valence-corrected chi connectivity index (χ4v) is 3.84. The number of hydrogen-bond acceptors (Lipinski definition) is 4. The van der Waals surface area contributed by atoms with Crippen molar-refractivity contribution in [1.82, 2.24) is 9.21 Å². The molecule has 1 aliphatic heterocycles. The molecule has 0 spiro atoms. The average molecular weight is 293 g/mol. The number of benzene rings is 1. The van der Waals surface area contributed by atoms with E-state index in [1.165, 1.54) is 4.31 Å². The van der Waals surface area contributed by atoms with Crippen molar-refractivity contribution in [1.29, 1.82) is 5.26 Å². The van der Waals surface area contributed by atoms with Crippen LogP contribution in [0.4, 0.5) is 0 Å². The van der Waals surface area contributed by atoms with Gasteiger partial charge in [0.1, 0.15) is 0 Å². The molecule has 0 aromatic heterocycles. The molecule has 1 atom stereocenters. The van der Waals surface area contributed by atoms with E-state index in [1.54, 1.807) is 0 Å². The minimum absolute atomic E-state index is 0.0433. The van der Waals surface area contributed by atoms with Gasteiger partial charge in [-0.3, -0.25) is 4.90 Å². The van der Waals surface area contributed by atoms with Crippen molar-refractivity contribution >= 4 is 10.0 Å². The second kappa shape index (κ2) is 6.35. The zero-order valence-corrected chi connectivity index (χ0v) is 12.4. The summed E-state index contributed by atoms with van der Waals surface area (Å²) in [6, 6.07) is 11.2. The van der Waals surface area contributed by atoms with Gasteiger partial charge in [0, 0.05) is 26.2 Å². The lowest BCUT2D eigenvalue weighted by molar-refractivity contribution is 0.169. The van der Waals surface area contributed by atoms with Crippen LogP contribution in [0.15, 0.2) is 30.3 Å². The number of nitriles is 1. The summed E-state index contributed by atoms with van der Waals surface area (Å²) in [4.78, 5) is 2.01. The Labute approximate surface area is 120 Å². The maximum absolute atomic E-state index is 12.3. The van der Waals surface area contributed by atoms with Gasteiger partial charge in [-0.1, -0.05) is 30.3 Å². The summed E-state index contributed by atoms with van der Waals surface area (Å²) in [6.07, 6.45) is 0. The third-order valence-electron chi connectivity index (χ3n) is 3.59. The molecule has 1 fully saturated rings. The Morgan fingerprint density at radius 3 is 2.35 bits per heavy atom. The van der Waals surface area contributed by atoms with E-state index in [0.29, 0.717) is 26.2 Å². The standard InChI is InChI=1S/C14H19N3O2S/c1-13(11-15)16-7-9-17(10-8-16)20(18,19)12-14-5-3-2-4-6-14/h2-6,13H,7-10,12H2,1H3/t13-/m1/s1. The topological polar surface area (TPSA) is 64.4 Å². The lowest BCUT2D eigenvalue weighted by Gasteiger charge is -2.35. The summed E-state index contributed by atoms with van der Waals surface area (Å²) in [5.41, 5.74) is 0.806. The van der Waals surface area contributed by atoms with Crippen molar-refractivity contribution in [3.8, 4) is 6.07 Å². The van der Waals surface area contributed by atoms with E-state index in [0.717, 1.165) is 5.56 Å². The molecule has 0 bridgehead atoms. The molecule has 6 heteroatoms. The largest absolute Gasteiger partial charge is 0.286 e. The molecule has 108 valence electrons. The van der Waals surface area contributed by atoms with E-state index in [2.05, 4.69) is 6.07 Å². The number of hydrogen-bond donors (Lipinski definition) is 0. The Kier molecular flexibility index (Phi) is 4.76. The third-order valence-corrected chi connectivity index (χ3v) is 5.44. The first kappa shape index (κ1) is 15.0. The second-order valence-electron chi connectivity index (χ2n) is 4.98. The molecule has 0 unspecified atom stereocenters. The van der Waals surface area contributed by atoms with Gasteiger partial charge in [0.05, 0.1) is 17.9 Å². The van der Waals surface area contributed by atoms with Gasteiger partial charge in [-0.15, -0.1) is 0 Å². The number of rotatable bonds is 4. The lowest BCUT2D eigenvalue weighted by atomic mass is 10.2. The Bertz CT molecular complexity index is 572. The van der Waals surface area contributed by atoms with Crippen molar-refractivity contribution in [3.63, 3.8) is 0 Å². The molecule has 0 N–H and O–H groups in total. The number of piperazine rings is 1. The number of sulfonamides is 1. The van der Waals surface area contributed by atoms with Crippen molar-refractivity contribution in [2.75, 3.05) is 26.2 Å². The predicted octanol–water partition coefficient (Wildman–Crippen LogP) is 1.05. The minimum Gasteiger partial charge on any atom is -0.286 e. The quantitative estimate of drug-likeness (QED) is 0.832. The highest BCUT2D eigenvalue weighted by molar-refractivity contribution is 7.88. The maximum Gasteiger partial charge on any atom is 0.218 e. The van der Waals surface area contributed by atoms with E-state index in [9.17, 15) is 8.42 Å². The van der Waals surface area contributed by atoms with Crippen LogP contribution in [0.25, 0.3) is 0 Å². The molecule has 1 aromatic rings. The van der Waals surface area contributed by atoms with Gasteiger partial charge in [0.2, 0.25) is 10.0 Å². The van der Waals surface area contributed by atoms with E-state index in [-0.39, 0.29) is 11.8 Å². The van der Waals surface area contributed by atoms with Gasteiger partial charge in [0.15, 0.2) is 0 Å². The zero-order valence-electron chi connectivity index (χ0n) is 11.6. The van der Waals surface area contributed by atoms with Crippen molar-refractivity contribution < 1.29 is 8.42 Å². The van der Waals surface area contributed by atoms with Crippen LogP contribution >= 0.6 is 0 Å². The number of nitrogens with zero attached hydrogens (tertiary/aromatic N) is 3. The molecule has 5 nitrogen and oxygen atoms in total. The van der Waals surface area contributed by atoms with Gasteiger partial charge in [-0.05, 0) is 12.5 Å². The van der Waals surface area contributed by atoms with E-state index < -0.39 is 10.0 Å². The van der Waals surface area contributed by atoms with Crippen LogP contribution in [0, 0.1) is 11.3 Å². The van der Waals surface area contributed by atoms with Crippen LogP contribution in [-0.2, 0) is 15.8 Å². The Balaban J connectivity index is 1.97. The third kappa shape index (κ3) is 3.57. The van der Waals surface area contributed by atoms with Crippen LogP contribution in [0.5, 0.6) is 0 Å². The average Bonchev–Trinajstić information content (AvgIpc) is 2.47. The first-order chi connectivity index (χ1) is 9.53. The molecule has 0 saturated carbocycles. The summed E-state index contributed by atoms with van der Waals surface area (Å²) in [5, 5.41) is 8.88. The summed E-state index contributed by atoms with van der Waals surface area (Å²) >= 11 is 0. The van der Waals surface area contributed by atoms with Crippen LogP contribution in [0.2, 0.25) is 0 Å². The fourth-order valence-electron chi connectivity index (χ4n) is 2.33. The molecule has 1 heterocycles. The monoisotopic (exact) mass is 293 g/mol. The molecule has 1 aromatic carbocycles. The molecule has 1 aliphatic rings. The lowest BCUT2D eigenvalue weighted by Crippen LogP contribution is -2.51. The van der Waals surface area contributed by atoms with E-state index in [1.807, 2.05) is 42.2 Å². The second-order valence-corrected chi connectivity index (χ2v) is 6.95. The summed E-state index contributed by atoms with van der Waals surface area (Å²) in [7, 11) is -3.27. The van der Waals surface area contributed by atoms with Gasteiger partial charge < -0.3 is 0 Å². The highest BCUT2D eigenvalue weighted by atomic mass is 32.2. The molecule has 2 rings (SSSR count). The first-order valence-electron chi connectivity index (χ1n) is 6.68. The van der Waals surface area contributed by atoms with Crippen LogP contribution in [-0.4, -0.2) is 49.8 Å². The molecule has 0 radical (unpaired) electrons. The van der Waals surface area contributed by atoms with Crippen LogP contribution in [0.1, 0.15) is 12.5 Å². The van der Waals surface area contributed by atoms with Gasteiger partial charge in [0.25, 0.3) is 0 Å². The maximum atomic E-state index is 12.3. The summed E-state index contributed by atoms with van der Waals surface area (Å²) < 4.78 is 26.2. The van der Waals surface area contributed by atoms with E-state index >= 15 is 0 Å². The SMILES string of the molecule is C[C@H](C#N)N1CCN(S(=O)(=O)Cc2ccccc2)CC1. The molecule has 1 saturated heterocycles. The molecule has 0 amide bonds. The summed E-state index contributed by atoms with van der Waals surface area (Å²) in [6.45, 7) is 3.99. The zero-order chi connectivity index (χ0) is 14.6. The highest BCUT2D eigenvalue weighted by Crippen LogP contribution is 2.14. The van der Waals surface area contributed by atoms with Crippen molar-refractivity contribution in [3.05, 3.63) is 35.9 Å². The normalized spacial score (nSPS) is 19.4. The Hall–Kier alpha value is -1.42. The smallest absolute Gasteiger partial charge is 0.218 e. The van der Waals surface area contributed by atoms with Crippen LogP contribution in [0.3, 0.4) is 0 Å². The summed E-state index contributed by atoms with van der Waals surface area (Å²) in [5.74, 6) is 0.0433. The molecule has 0 aliphatic carbocycles. The predicted molar refractivity (Wildman–Crippen MR) is 77.3 cm³/mol. The van der Waals surface area contributed by atoms with E-state index in [4.69, 9.17) is 5.26 Å². The molecular weight excluding hydrogens is 274 g/mol.